The molecule has 2 aromatic rings. The Morgan fingerprint density at radius 1 is 1.19 bits per heavy atom. The van der Waals surface area contributed by atoms with Gasteiger partial charge >= 0.3 is 0 Å². The molecule has 26 heavy (non-hydrogen) atoms. The molecule has 1 amide bonds. The number of benzene rings is 1. The van der Waals surface area contributed by atoms with E-state index in [9.17, 15) is 4.79 Å². The Hall–Kier alpha value is -1.56. The Labute approximate surface area is 163 Å². The van der Waals surface area contributed by atoms with Crippen molar-refractivity contribution in [2.75, 3.05) is 6.54 Å². The highest BCUT2D eigenvalue weighted by atomic mass is 35.5. The van der Waals surface area contributed by atoms with E-state index in [1.54, 1.807) is 0 Å². The average molecular weight is 393 g/mol. The van der Waals surface area contributed by atoms with Gasteiger partial charge in [0, 0.05) is 72.1 Å². The van der Waals surface area contributed by atoms with Gasteiger partial charge in [-0.2, -0.15) is 5.10 Å². The van der Waals surface area contributed by atoms with Gasteiger partial charge in [0.1, 0.15) is 0 Å². The van der Waals surface area contributed by atoms with E-state index < -0.39 is 0 Å². The molecule has 2 aliphatic heterocycles. The van der Waals surface area contributed by atoms with Crippen molar-refractivity contribution in [2.24, 2.45) is 0 Å². The molecular weight excluding hydrogens is 371 g/mol. The second-order valence-electron chi connectivity index (χ2n) is 7.02. The van der Waals surface area contributed by atoms with E-state index in [4.69, 9.17) is 23.2 Å². The number of amides is 1. The van der Waals surface area contributed by atoms with Crippen molar-refractivity contribution < 1.29 is 4.79 Å². The lowest BCUT2D eigenvalue weighted by Crippen LogP contribution is -2.36. The van der Waals surface area contributed by atoms with Gasteiger partial charge in [-0.3, -0.25) is 14.4 Å². The second-order valence-corrected chi connectivity index (χ2v) is 7.84. The summed E-state index contributed by atoms with van der Waals surface area (Å²) in [6.07, 6.45) is 5.56. The summed E-state index contributed by atoms with van der Waals surface area (Å²) in [6, 6.07) is 5.97. The molecule has 2 aliphatic rings. The highest BCUT2D eigenvalue weighted by Crippen LogP contribution is 2.36. The van der Waals surface area contributed by atoms with Gasteiger partial charge in [-0.05, 0) is 25.5 Å². The van der Waals surface area contributed by atoms with Crippen molar-refractivity contribution >= 4 is 29.1 Å². The summed E-state index contributed by atoms with van der Waals surface area (Å²) in [4.78, 5) is 17.0. The fourth-order valence-corrected chi connectivity index (χ4v) is 4.68. The van der Waals surface area contributed by atoms with E-state index in [1.165, 1.54) is 5.56 Å². The Bertz CT molecular complexity index is 801. The van der Waals surface area contributed by atoms with Gasteiger partial charge in [-0.15, -0.1) is 0 Å². The van der Waals surface area contributed by atoms with Crippen molar-refractivity contribution in [2.45, 2.75) is 51.5 Å². The summed E-state index contributed by atoms with van der Waals surface area (Å²) < 4.78 is 1.94. The molecule has 1 aromatic carbocycles. The van der Waals surface area contributed by atoms with E-state index in [2.05, 4.69) is 23.1 Å². The van der Waals surface area contributed by atoms with Gasteiger partial charge in [-0.1, -0.05) is 29.3 Å². The fraction of sp³-hybridized carbons (Fsp3) is 0.474. The van der Waals surface area contributed by atoms with Crippen LogP contribution in [0.5, 0.6) is 0 Å². The van der Waals surface area contributed by atoms with Gasteiger partial charge < -0.3 is 4.90 Å². The number of aromatic nitrogens is 2. The molecule has 0 unspecified atom stereocenters. The van der Waals surface area contributed by atoms with Crippen LogP contribution in [-0.2, 0) is 24.4 Å². The summed E-state index contributed by atoms with van der Waals surface area (Å²) in [6.45, 7) is 5.27. The zero-order valence-corrected chi connectivity index (χ0v) is 16.2. The van der Waals surface area contributed by atoms with E-state index in [0.717, 1.165) is 31.6 Å². The molecule has 138 valence electrons. The monoisotopic (exact) mass is 392 g/mol. The van der Waals surface area contributed by atoms with Crippen molar-refractivity contribution in [3.63, 3.8) is 0 Å². The number of nitrogens with zero attached hydrogens (tertiary/aromatic N) is 4. The number of aryl methyl sites for hydroxylation is 1. The van der Waals surface area contributed by atoms with Gasteiger partial charge in [-0.25, -0.2) is 0 Å². The lowest BCUT2D eigenvalue weighted by Gasteiger charge is -2.26. The molecule has 0 radical (unpaired) electrons. The summed E-state index contributed by atoms with van der Waals surface area (Å²) in [7, 11) is 0. The van der Waals surface area contributed by atoms with Crippen molar-refractivity contribution in [1.29, 1.82) is 0 Å². The first-order chi connectivity index (χ1) is 12.6. The lowest BCUT2D eigenvalue weighted by molar-refractivity contribution is -0.129. The molecule has 4 rings (SSSR count). The van der Waals surface area contributed by atoms with Gasteiger partial charge in [0.2, 0.25) is 5.91 Å². The molecule has 2 fully saturated rings. The molecule has 2 saturated heterocycles. The number of rotatable bonds is 5. The summed E-state index contributed by atoms with van der Waals surface area (Å²) in [5, 5.41) is 5.59. The van der Waals surface area contributed by atoms with Crippen LogP contribution in [0.4, 0.5) is 0 Å². The number of fused-ring (bicyclic) bond motifs is 1. The minimum atomic E-state index is 0.185. The molecule has 0 N–H and O–H groups in total. The molecule has 0 spiro atoms. The Morgan fingerprint density at radius 3 is 2.65 bits per heavy atom. The molecule has 7 heteroatoms. The van der Waals surface area contributed by atoms with Crippen LogP contribution in [0.2, 0.25) is 10.0 Å². The third kappa shape index (κ3) is 3.24. The first-order valence-corrected chi connectivity index (χ1v) is 9.80. The van der Waals surface area contributed by atoms with E-state index in [1.807, 2.05) is 34.0 Å². The zero-order chi connectivity index (χ0) is 18.3. The van der Waals surface area contributed by atoms with Crippen LogP contribution in [-0.4, -0.2) is 44.1 Å². The highest BCUT2D eigenvalue weighted by Gasteiger charge is 2.46. The standard InChI is InChI=1S/C19H22Cl2N4O/c1-2-24-11-13(9-22-24)10-23-7-6-17-18(23)8-19(26)25(17)12-14-15(20)4-3-5-16(14)21/h3-5,9,11,17-18H,2,6-8,10,12H2,1H3/t17-,18-/m0/s1. The van der Waals surface area contributed by atoms with Crippen molar-refractivity contribution in [3.8, 4) is 0 Å². The minimum Gasteiger partial charge on any atom is -0.334 e. The molecule has 5 nitrogen and oxygen atoms in total. The smallest absolute Gasteiger partial charge is 0.224 e. The molecule has 0 aliphatic carbocycles. The number of hydrogen-bond donors (Lipinski definition) is 0. The number of halogens is 2. The summed E-state index contributed by atoms with van der Waals surface area (Å²) in [5.74, 6) is 0.185. The first-order valence-electron chi connectivity index (χ1n) is 9.04. The fourth-order valence-electron chi connectivity index (χ4n) is 4.16. The summed E-state index contributed by atoms with van der Waals surface area (Å²) in [5.41, 5.74) is 2.04. The Morgan fingerprint density at radius 2 is 1.96 bits per heavy atom. The number of likely N-dealkylation sites (tertiary alicyclic amines) is 2. The van der Waals surface area contributed by atoms with Gasteiger partial charge in [0.15, 0.2) is 0 Å². The SMILES string of the molecule is CCn1cc(CN2CC[C@H]3[C@@H]2CC(=O)N3Cc2c(Cl)cccc2Cl)cn1. The molecular formula is C19H22Cl2N4O. The Balaban J connectivity index is 1.48. The van der Waals surface area contributed by atoms with Crippen LogP contribution in [0.3, 0.4) is 0 Å². The average Bonchev–Trinajstić information content (AvgIpc) is 3.29. The minimum absolute atomic E-state index is 0.185. The second kappa shape index (κ2) is 7.22. The molecule has 0 bridgehead atoms. The zero-order valence-electron chi connectivity index (χ0n) is 14.7. The summed E-state index contributed by atoms with van der Waals surface area (Å²) >= 11 is 12.6. The largest absolute Gasteiger partial charge is 0.334 e. The topological polar surface area (TPSA) is 41.4 Å². The van der Waals surface area contributed by atoms with Crippen LogP contribution >= 0.6 is 23.2 Å². The number of carbonyl (C=O) groups is 1. The predicted octanol–water partition coefficient (Wildman–Crippen LogP) is 3.59. The molecule has 3 heterocycles. The molecule has 0 saturated carbocycles. The predicted molar refractivity (Wildman–Crippen MR) is 102 cm³/mol. The van der Waals surface area contributed by atoms with Gasteiger partial charge in [0.25, 0.3) is 0 Å². The van der Waals surface area contributed by atoms with E-state index >= 15 is 0 Å². The maximum absolute atomic E-state index is 12.7. The third-order valence-electron chi connectivity index (χ3n) is 5.52. The van der Waals surface area contributed by atoms with Crippen LogP contribution in [0.15, 0.2) is 30.6 Å². The highest BCUT2D eigenvalue weighted by molar-refractivity contribution is 6.36. The molecule has 1 aromatic heterocycles. The Kier molecular flexibility index (Phi) is 4.95. The quantitative estimate of drug-likeness (QED) is 0.780. The van der Waals surface area contributed by atoms with Crippen molar-refractivity contribution in [3.05, 3.63) is 51.8 Å². The van der Waals surface area contributed by atoms with Crippen LogP contribution in [0.1, 0.15) is 30.9 Å². The maximum atomic E-state index is 12.7. The van der Waals surface area contributed by atoms with E-state index in [0.29, 0.717) is 23.0 Å². The normalized spacial score (nSPS) is 23.0. The lowest BCUT2D eigenvalue weighted by atomic mass is 10.1. The maximum Gasteiger partial charge on any atom is 0.224 e. The number of hydrogen-bond acceptors (Lipinski definition) is 3. The van der Waals surface area contributed by atoms with E-state index in [-0.39, 0.29) is 18.0 Å². The van der Waals surface area contributed by atoms with Crippen LogP contribution < -0.4 is 0 Å². The van der Waals surface area contributed by atoms with Crippen LogP contribution in [0, 0.1) is 0 Å². The van der Waals surface area contributed by atoms with Crippen molar-refractivity contribution in [1.82, 2.24) is 19.6 Å². The number of carbonyl (C=O) groups excluding carboxylic acids is 1. The van der Waals surface area contributed by atoms with Crippen LogP contribution in [0.25, 0.3) is 0 Å². The van der Waals surface area contributed by atoms with Gasteiger partial charge in [0.05, 0.1) is 6.20 Å². The third-order valence-corrected chi connectivity index (χ3v) is 6.22. The molecule has 2 atom stereocenters. The first kappa shape index (κ1) is 17.8.